The summed E-state index contributed by atoms with van der Waals surface area (Å²) in [5.41, 5.74) is 0.950. The lowest BCUT2D eigenvalue weighted by Gasteiger charge is -2.24. The number of hydrogen-bond donors (Lipinski definition) is 0. The monoisotopic (exact) mass is 626 g/mol. The van der Waals surface area contributed by atoms with Gasteiger partial charge in [-0.2, -0.15) is 13.2 Å². The number of thiazole rings is 1. The van der Waals surface area contributed by atoms with Crippen LogP contribution in [-0.2, 0) is 22.3 Å². The number of rotatable bonds is 8. The third kappa shape index (κ3) is 6.30. The van der Waals surface area contributed by atoms with Crippen LogP contribution < -0.4 is 24.4 Å². The summed E-state index contributed by atoms with van der Waals surface area (Å²) in [6.07, 6.45) is -2.87. The van der Waals surface area contributed by atoms with Crippen LogP contribution in [0.5, 0.6) is 11.5 Å². The van der Waals surface area contributed by atoms with Gasteiger partial charge in [0.2, 0.25) is 0 Å². The van der Waals surface area contributed by atoms with Gasteiger partial charge in [-0.15, -0.1) is 0 Å². The highest BCUT2D eigenvalue weighted by molar-refractivity contribution is 7.07. The van der Waals surface area contributed by atoms with Crippen LogP contribution in [0.3, 0.4) is 0 Å². The molecule has 1 aliphatic rings. The molecule has 1 aliphatic heterocycles. The van der Waals surface area contributed by atoms with Crippen LogP contribution in [0.4, 0.5) is 17.6 Å². The van der Waals surface area contributed by atoms with E-state index in [1.165, 1.54) is 48.1 Å². The molecule has 2 heterocycles. The van der Waals surface area contributed by atoms with Gasteiger partial charge in [-0.05, 0) is 73.5 Å². The van der Waals surface area contributed by atoms with Crippen molar-refractivity contribution >= 4 is 23.4 Å². The first-order chi connectivity index (χ1) is 21.0. The molecule has 4 aromatic rings. The molecule has 1 atom stereocenters. The Hall–Kier alpha value is -4.71. The van der Waals surface area contributed by atoms with Crippen molar-refractivity contribution in [2.24, 2.45) is 4.99 Å². The quantitative estimate of drug-likeness (QED) is 0.190. The largest absolute Gasteiger partial charge is 0.496 e. The van der Waals surface area contributed by atoms with Crippen molar-refractivity contribution in [2.45, 2.75) is 32.7 Å². The van der Waals surface area contributed by atoms with Crippen molar-refractivity contribution in [3.8, 4) is 11.5 Å². The minimum absolute atomic E-state index is 0.0363. The fourth-order valence-corrected chi connectivity index (χ4v) is 5.87. The lowest BCUT2D eigenvalue weighted by Crippen LogP contribution is -2.39. The van der Waals surface area contributed by atoms with Crippen molar-refractivity contribution in [1.82, 2.24) is 4.57 Å². The number of hydrogen-bond acceptors (Lipinski definition) is 7. The van der Waals surface area contributed by atoms with E-state index >= 15 is 0 Å². The fourth-order valence-electron chi connectivity index (χ4n) is 4.83. The maximum atomic E-state index is 13.8. The topological polar surface area (TPSA) is 79.1 Å². The molecule has 12 heteroatoms. The molecule has 0 spiro atoms. The van der Waals surface area contributed by atoms with Gasteiger partial charge in [0.05, 0.1) is 41.1 Å². The molecule has 0 aliphatic carbocycles. The van der Waals surface area contributed by atoms with Gasteiger partial charge < -0.3 is 14.2 Å². The standard InChI is InChI=1S/C32H26F4N2O5S/c1-4-42-30(40)27-18(2)37-31-38(28(27)20-9-11-23(33)12-10-20)29(39)26(44-31)15-19-8-13-25(41-3)21(14-19)17-43-24-7-5-6-22(16-24)32(34,35)36/h5-16,28H,4,17H2,1-3H3/b26-15-. The lowest BCUT2D eigenvalue weighted by atomic mass is 9.96. The van der Waals surface area contributed by atoms with Crippen molar-refractivity contribution in [3.63, 3.8) is 0 Å². The zero-order chi connectivity index (χ0) is 31.6. The zero-order valence-electron chi connectivity index (χ0n) is 23.8. The molecule has 0 bridgehead atoms. The summed E-state index contributed by atoms with van der Waals surface area (Å²) in [5, 5.41) is 0. The van der Waals surface area contributed by atoms with Gasteiger partial charge in [0.25, 0.3) is 5.56 Å². The van der Waals surface area contributed by atoms with Crippen molar-refractivity contribution in [2.75, 3.05) is 13.7 Å². The molecular formula is C32H26F4N2O5S. The number of halogens is 4. The van der Waals surface area contributed by atoms with Crippen molar-refractivity contribution < 1.29 is 36.6 Å². The van der Waals surface area contributed by atoms with E-state index in [1.807, 2.05) is 0 Å². The summed E-state index contributed by atoms with van der Waals surface area (Å²) in [5.74, 6) is -0.611. The first kappa shape index (κ1) is 30.7. The number of ether oxygens (including phenoxy) is 3. The van der Waals surface area contributed by atoms with E-state index in [-0.39, 0.29) is 24.5 Å². The Labute approximate surface area is 253 Å². The zero-order valence-corrected chi connectivity index (χ0v) is 24.6. The first-order valence-electron chi connectivity index (χ1n) is 13.4. The average molecular weight is 627 g/mol. The van der Waals surface area contributed by atoms with Crippen LogP contribution in [0.15, 0.2) is 87.8 Å². The minimum atomic E-state index is -4.51. The molecule has 228 valence electrons. The molecule has 0 fully saturated rings. The molecule has 0 saturated heterocycles. The Bertz CT molecular complexity index is 1930. The Kier molecular flexibility index (Phi) is 8.73. The maximum Gasteiger partial charge on any atom is 0.416 e. The molecule has 0 radical (unpaired) electrons. The number of nitrogens with zero attached hydrogens (tertiary/aromatic N) is 2. The predicted octanol–water partition coefficient (Wildman–Crippen LogP) is 5.54. The molecule has 5 rings (SSSR count). The molecule has 44 heavy (non-hydrogen) atoms. The van der Waals surface area contributed by atoms with E-state index in [9.17, 15) is 27.2 Å². The van der Waals surface area contributed by atoms with Gasteiger partial charge in [-0.25, -0.2) is 14.2 Å². The third-order valence-electron chi connectivity index (χ3n) is 6.86. The smallest absolute Gasteiger partial charge is 0.416 e. The van der Waals surface area contributed by atoms with E-state index < -0.39 is 35.1 Å². The van der Waals surface area contributed by atoms with Crippen LogP contribution in [0.2, 0.25) is 0 Å². The second-order valence-corrected chi connectivity index (χ2v) is 10.7. The highest BCUT2D eigenvalue weighted by atomic mass is 32.1. The number of aromatic nitrogens is 1. The molecule has 0 amide bonds. The Balaban J connectivity index is 1.54. The SMILES string of the molecule is CCOC(=O)C1=C(C)N=c2s/c(=C\c3ccc(OC)c(COc4cccc(C(F)(F)F)c4)c3)c(=O)n2C1c1ccc(F)cc1. The van der Waals surface area contributed by atoms with Crippen LogP contribution in [0.1, 0.15) is 42.1 Å². The van der Waals surface area contributed by atoms with Gasteiger partial charge in [0.15, 0.2) is 4.80 Å². The molecular weight excluding hydrogens is 600 g/mol. The number of benzene rings is 3. The van der Waals surface area contributed by atoms with Crippen LogP contribution in [0, 0.1) is 5.82 Å². The maximum absolute atomic E-state index is 13.8. The normalized spacial score (nSPS) is 15.1. The molecule has 0 saturated carbocycles. The molecule has 3 aromatic carbocycles. The summed E-state index contributed by atoms with van der Waals surface area (Å²) < 4.78 is 71.2. The number of carbonyl (C=O) groups is 1. The van der Waals surface area contributed by atoms with Gasteiger partial charge in [-0.3, -0.25) is 9.36 Å². The van der Waals surface area contributed by atoms with E-state index in [2.05, 4.69) is 4.99 Å². The number of methoxy groups -OCH3 is 1. The Morgan fingerprint density at radius 1 is 1.09 bits per heavy atom. The van der Waals surface area contributed by atoms with Gasteiger partial charge >= 0.3 is 12.1 Å². The highest BCUT2D eigenvalue weighted by Crippen LogP contribution is 2.33. The fraction of sp³-hybridized carbons (Fsp3) is 0.219. The molecule has 7 nitrogen and oxygen atoms in total. The summed E-state index contributed by atoms with van der Waals surface area (Å²) in [7, 11) is 1.46. The predicted molar refractivity (Wildman–Crippen MR) is 156 cm³/mol. The third-order valence-corrected chi connectivity index (χ3v) is 7.84. The van der Waals surface area contributed by atoms with E-state index in [4.69, 9.17) is 14.2 Å². The molecule has 1 aromatic heterocycles. The van der Waals surface area contributed by atoms with Gasteiger partial charge in [0.1, 0.15) is 23.9 Å². The summed E-state index contributed by atoms with van der Waals surface area (Å²) in [4.78, 5) is 31.7. The van der Waals surface area contributed by atoms with Gasteiger partial charge in [-0.1, -0.05) is 35.6 Å². The summed E-state index contributed by atoms with van der Waals surface area (Å²) in [6, 6.07) is 14.3. The molecule has 1 unspecified atom stereocenters. The average Bonchev–Trinajstić information content (AvgIpc) is 3.29. The molecule has 0 N–H and O–H groups in total. The second-order valence-electron chi connectivity index (χ2n) is 9.74. The van der Waals surface area contributed by atoms with Crippen LogP contribution in [0.25, 0.3) is 6.08 Å². The number of esters is 1. The van der Waals surface area contributed by atoms with Gasteiger partial charge in [0, 0.05) is 5.56 Å². The Morgan fingerprint density at radius 2 is 1.84 bits per heavy atom. The number of allylic oxidation sites excluding steroid dienone is 1. The number of carbonyl (C=O) groups excluding carboxylic acids is 1. The van der Waals surface area contributed by atoms with Crippen LogP contribution >= 0.6 is 11.3 Å². The highest BCUT2D eigenvalue weighted by Gasteiger charge is 2.33. The second kappa shape index (κ2) is 12.5. The van der Waals surface area contributed by atoms with E-state index in [1.54, 1.807) is 38.1 Å². The van der Waals surface area contributed by atoms with Crippen molar-refractivity contribution in [1.29, 1.82) is 0 Å². The van der Waals surface area contributed by atoms with Crippen LogP contribution in [-0.4, -0.2) is 24.3 Å². The number of fused-ring (bicyclic) bond motifs is 1. The lowest BCUT2D eigenvalue weighted by molar-refractivity contribution is -0.139. The summed E-state index contributed by atoms with van der Waals surface area (Å²) in [6.45, 7) is 3.34. The Morgan fingerprint density at radius 3 is 2.52 bits per heavy atom. The minimum Gasteiger partial charge on any atom is -0.496 e. The summed E-state index contributed by atoms with van der Waals surface area (Å²) >= 11 is 1.12. The number of alkyl halides is 3. The van der Waals surface area contributed by atoms with E-state index in [0.717, 1.165) is 23.5 Å². The van der Waals surface area contributed by atoms with Crippen molar-refractivity contribution in [3.05, 3.63) is 126 Å². The van der Waals surface area contributed by atoms with E-state index in [0.29, 0.717) is 37.5 Å². The first-order valence-corrected chi connectivity index (χ1v) is 14.2.